The van der Waals surface area contributed by atoms with Crippen molar-refractivity contribution in [3.8, 4) is 0 Å². The normalized spacial score (nSPS) is 28.5. The second-order valence-corrected chi connectivity index (χ2v) is 9.04. The van der Waals surface area contributed by atoms with E-state index in [1.165, 1.54) is 41.5 Å². The van der Waals surface area contributed by atoms with E-state index >= 15 is 0 Å². The van der Waals surface area contributed by atoms with Crippen molar-refractivity contribution < 1.29 is 4.79 Å². The van der Waals surface area contributed by atoms with Crippen LogP contribution in [0, 0.1) is 11.8 Å². The molecule has 1 fully saturated rings. The lowest BCUT2D eigenvalue weighted by Gasteiger charge is -2.50. The van der Waals surface area contributed by atoms with Crippen molar-refractivity contribution in [1.82, 2.24) is 5.32 Å². The zero-order valence-corrected chi connectivity index (χ0v) is 16.9. The summed E-state index contributed by atoms with van der Waals surface area (Å²) < 4.78 is 0. The quantitative estimate of drug-likeness (QED) is 0.725. The van der Waals surface area contributed by atoms with E-state index in [0.29, 0.717) is 23.8 Å². The molecule has 28 heavy (non-hydrogen) atoms. The Kier molecular flexibility index (Phi) is 4.74. The first-order valence-electron chi connectivity index (χ1n) is 11.3. The Bertz CT molecular complexity index is 819. The zero-order chi connectivity index (χ0) is 19.1. The second-order valence-electron chi connectivity index (χ2n) is 9.04. The molecule has 6 rings (SSSR count). The van der Waals surface area contributed by atoms with Crippen molar-refractivity contribution in [3.05, 3.63) is 70.8 Å². The van der Waals surface area contributed by atoms with Crippen LogP contribution >= 0.6 is 0 Å². The molecule has 0 saturated heterocycles. The minimum Gasteiger partial charge on any atom is -0.353 e. The van der Waals surface area contributed by atoms with Crippen LogP contribution in [0.5, 0.6) is 0 Å². The van der Waals surface area contributed by atoms with Gasteiger partial charge in [0.1, 0.15) is 0 Å². The molecule has 2 atom stereocenters. The maximum atomic E-state index is 13.6. The van der Waals surface area contributed by atoms with Gasteiger partial charge in [0.05, 0.1) is 5.92 Å². The maximum absolute atomic E-state index is 13.6. The summed E-state index contributed by atoms with van der Waals surface area (Å²) in [4.78, 5) is 13.6. The highest BCUT2D eigenvalue weighted by molar-refractivity contribution is 5.83. The van der Waals surface area contributed by atoms with Gasteiger partial charge in [-0.2, -0.15) is 0 Å². The Labute approximate surface area is 168 Å². The van der Waals surface area contributed by atoms with Crippen LogP contribution in [0.3, 0.4) is 0 Å². The Morgan fingerprint density at radius 3 is 1.93 bits per heavy atom. The predicted octanol–water partition coefficient (Wildman–Crippen LogP) is 5.76. The number of benzene rings is 2. The van der Waals surface area contributed by atoms with Gasteiger partial charge in [-0.3, -0.25) is 4.79 Å². The van der Waals surface area contributed by atoms with Gasteiger partial charge >= 0.3 is 0 Å². The number of nitrogens with one attached hydrogen (secondary N) is 1. The van der Waals surface area contributed by atoms with E-state index in [-0.39, 0.29) is 11.8 Å². The number of carbonyl (C=O) groups is 1. The molecule has 4 aliphatic carbocycles. The van der Waals surface area contributed by atoms with Crippen molar-refractivity contribution >= 4 is 5.91 Å². The highest BCUT2D eigenvalue weighted by Gasteiger charge is 2.51. The average Bonchev–Trinajstić information content (AvgIpc) is 2.74. The average molecular weight is 374 g/mol. The molecule has 1 saturated carbocycles. The molecule has 146 valence electrons. The van der Waals surface area contributed by atoms with Crippen LogP contribution in [0.1, 0.15) is 86.0 Å². The van der Waals surface area contributed by atoms with Crippen LogP contribution in [-0.4, -0.2) is 11.9 Å². The summed E-state index contributed by atoms with van der Waals surface area (Å²) in [6, 6.07) is 18.2. The molecule has 4 aliphatic rings. The van der Waals surface area contributed by atoms with Crippen LogP contribution in [0.15, 0.2) is 48.5 Å². The minimum absolute atomic E-state index is 0.0664. The Morgan fingerprint density at radius 2 is 1.39 bits per heavy atom. The summed E-state index contributed by atoms with van der Waals surface area (Å²) in [5.74, 6) is 1.35. The summed E-state index contributed by atoms with van der Waals surface area (Å²) in [6.45, 7) is 2.26. The molecule has 0 aliphatic heterocycles. The third-order valence-electron chi connectivity index (χ3n) is 7.46. The third-order valence-corrected chi connectivity index (χ3v) is 7.46. The van der Waals surface area contributed by atoms with E-state index < -0.39 is 0 Å². The highest BCUT2D eigenvalue weighted by Crippen LogP contribution is 2.59. The summed E-state index contributed by atoms with van der Waals surface area (Å²) in [7, 11) is 0. The van der Waals surface area contributed by atoms with Gasteiger partial charge in [-0.05, 0) is 47.4 Å². The molecule has 0 spiro atoms. The van der Waals surface area contributed by atoms with E-state index in [0.717, 1.165) is 25.7 Å². The summed E-state index contributed by atoms with van der Waals surface area (Å²) in [6.07, 6.45) is 8.38. The molecule has 0 heterocycles. The summed E-state index contributed by atoms with van der Waals surface area (Å²) in [5, 5.41) is 3.48. The third kappa shape index (κ3) is 2.80. The summed E-state index contributed by atoms with van der Waals surface area (Å²) >= 11 is 0. The lowest BCUT2D eigenvalue weighted by Crippen LogP contribution is -2.50. The molecule has 1 N–H and O–H groups in total. The minimum atomic E-state index is 0.0664. The lowest BCUT2D eigenvalue weighted by molar-refractivity contribution is -0.129. The van der Waals surface area contributed by atoms with Gasteiger partial charge in [0.2, 0.25) is 5.91 Å². The number of hydrogen-bond acceptors (Lipinski definition) is 1. The topological polar surface area (TPSA) is 29.1 Å². The van der Waals surface area contributed by atoms with Crippen molar-refractivity contribution in [1.29, 1.82) is 0 Å². The van der Waals surface area contributed by atoms with Gasteiger partial charge in [0.25, 0.3) is 0 Å². The number of rotatable bonds is 4. The fraction of sp³-hybridized carbons (Fsp3) is 0.500. The smallest absolute Gasteiger partial charge is 0.224 e. The van der Waals surface area contributed by atoms with E-state index in [2.05, 4.69) is 60.8 Å². The lowest BCUT2D eigenvalue weighted by atomic mass is 9.53. The zero-order valence-electron chi connectivity index (χ0n) is 16.9. The van der Waals surface area contributed by atoms with Crippen LogP contribution in [0.25, 0.3) is 0 Å². The molecule has 2 aromatic rings. The van der Waals surface area contributed by atoms with Gasteiger partial charge in [-0.15, -0.1) is 0 Å². The second kappa shape index (κ2) is 7.39. The monoisotopic (exact) mass is 373 g/mol. The molecule has 2 heteroatoms. The van der Waals surface area contributed by atoms with Gasteiger partial charge in [0, 0.05) is 17.9 Å². The van der Waals surface area contributed by atoms with Gasteiger partial charge in [-0.25, -0.2) is 0 Å². The largest absolute Gasteiger partial charge is 0.353 e. The molecule has 2 aromatic carbocycles. The molecular weight excluding hydrogens is 342 g/mol. The highest BCUT2D eigenvalue weighted by atomic mass is 16.2. The molecule has 0 aromatic heterocycles. The van der Waals surface area contributed by atoms with E-state index in [1.807, 2.05) is 0 Å². The maximum Gasteiger partial charge on any atom is 0.224 e. The van der Waals surface area contributed by atoms with Crippen LogP contribution in [0.2, 0.25) is 0 Å². The van der Waals surface area contributed by atoms with Crippen LogP contribution in [0.4, 0.5) is 0 Å². The number of carbonyl (C=O) groups excluding carboxylic acids is 1. The first-order chi connectivity index (χ1) is 13.8. The van der Waals surface area contributed by atoms with Crippen molar-refractivity contribution in [2.24, 2.45) is 11.8 Å². The fourth-order valence-electron chi connectivity index (χ4n) is 6.36. The van der Waals surface area contributed by atoms with Crippen molar-refractivity contribution in [3.63, 3.8) is 0 Å². The fourth-order valence-corrected chi connectivity index (χ4v) is 6.36. The number of amides is 1. The Balaban J connectivity index is 1.57. The molecule has 0 unspecified atom stereocenters. The number of hydrogen-bond donors (Lipinski definition) is 1. The van der Waals surface area contributed by atoms with Crippen LogP contribution in [-0.2, 0) is 4.79 Å². The molecule has 0 radical (unpaired) electrons. The SMILES string of the molecule is CCC[C@H]1C2c3ccccc3C(c3ccccc32)[C@@H]1C(=O)NC1CCCCC1. The Hall–Kier alpha value is -2.09. The molecular formula is C26H31NO. The first-order valence-corrected chi connectivity index (χ1v) is 11.3. The molecule has 2 nitrogen and oxygen atoms in total. The van der Waals surface area contributed by atoms with Crippen molar-refractivity contribution in [2.45, 2.75) is 69.7 Å². The van der Waals surface area contributed by atoms with Gasteiger partial charge in [0.15, 0.2) is 0 Å². The van der Waals surface area contributed by atoms with Crippen molar-refractivity contribution in [2.75, 3.05) is 0 Å². The van der Waals surface area contributed by atoms with E-state index in [9.17, 15) is 4.79 Å². The van der Waals surface area contributed by atoms with Crippen LogP contribution < -0.4 is 5.32 Å². The van der Waals surface area contributed by atoms with Gasteiger partial charge < -0.3 is 5.32 Å². The standard InChI is InChI=1S/C26H31NO/c1-2-10-22-23-18-13-6-8-15-20(18)24(21-16-9-7-14-19(21)23)25(22)26(28)27-17-11-4-3-5-12-17/h6-9,13-17,22-25H,2-5,10-12H2,1H3,(H,27,28)/t22-,23?,24?,25+/m0/s1. The Morgan fingerprint density at radius 1 is 0.857 bits per heavy atom. The molecule has 2 bridgehead atoms. The van der Waals surface area contributed by atoms with Gasteiger partial charge in [-0.1, -0.05) is 81.1 Å². The van der Waals surface area contributed by atoms with E-state index in [1.54, 1.807) is 0 Å². The van der Waals surface area contributed by atoms with E-state index in [4.69, 9.17) is 0 Å². The molecule has 1 amide bonds. The predicted molar refractivity (Wildman–Crippen MR) is 113 cm³/mol. The summed E-state index contributed by atoms with van der Waals surface area (Å²) in [5.41, 5.74) is 5.71. The first kappa shape index (κ1) is 18.0. The number of fused-ring (bicyclic) bond motifs is 1.